The second-order valence-corrected chi connectivity index (χ2v) is 11.4. The van der Waals surface area contributed by atoms with Gasteiger partial charge in [0.25, 0.3) is 0 Å². The van der Waals surface area contributed by atoms with Crippen molar-refractivity contribution in [2.75, 3.05) is 48.8 Å². The number of carbonyl (C=O) groups is 1. The van der Waals surface area contributed by atoms with Gasteiger partial charge in [0, 0.05) is 56.6 Å². The van der Waals surface area contributed by atoms with Gasteiger partial charge < -0.3 is 25.2 Å². The highest BCUT2D eigenvalue weighted by Crippen LogP contribution is 2.32. The summed E-state index contributed by atoms with van der Waals surface area (Å²) in [6, 6.07) is 8.90. The van der Waals surface area contributed by atoms with Crippen molar-refractivity contribution in [1.29, 1.82) is 0 Å². The summed E-state index contributed by atoms with van der Waals surface area (Å²) in [4.78, 5) is 28.3. The largest absolute Gasteiger partial charge is 0.459 e. The van der Waals surface area contributed by atoms with Crippen LogP contribution in [0.3, 0.4) is 0 Å². The lowest BCUT2D eigenvalue weighted by molar-refractivity contribution is -0.155. The third-order valence-corrected chi connectivity index (χ3v) is 7.11. The van der Waals surface area contributed by atoms with Gasteiger partial charge >= 0.3 is 5.97 Å². The molecule has 38 heavy (non-hydrogen) atoms. The van der Waals surface area contributed by atoms with Gasteiger partial charge in [-0.1, -0.05) is 12.1 Å². The third-order valence-electron chi connectivity index (χ3n) is 7.11. The van der Waals surface area contributed by atoms with Gasteiger partial charge in [0.1, 0.15) is 23.8 Å². The van der Waals surface area contributed by atoms with Crippen LogP contribution in [-0.4, -0.2) is 75.5 Å². The summed E-state index contributed by atoms with van der Waals surface area (Å²) in [6.45, 7) is 12.5. The van der Waals surface area contributed by atoms with E-state index in [0.29, 0.717) is 5.95 Å². The number of hydrogen-bond acceptors (Lipinski definition) is 9. The van der Waals surface area contributed by atoms with E-state index in [0.717, 1.165) is 61.9 Å². The summed E-state index contributed by atoms with van der Waals surface area (Å²) < 4.78 is 7.05. The number of esters is 1. The van der Waals surface area contributed by atoms with Crippen LogP contribution >= 0.6 is 0 Å². The number of hydrogen-bond donors (Lipinski definition) is 1. The van der Waals surface area contributed by atoms with Gasteiger partial charge in [0.2, 0.25) is 5.95 Å². The summed E-state index contributed by atoms with van der Waals surface area (Å²) in [5, 5.41) is 4.38. The highest BCUT2D eigenvalue weighted by molar-refractivity contribution is 5.70. The molecule has 202 valence electrons. The number of rotatable bonds is 5. The molecule has 5 rings (SSSR count). The first-order valence-electron chi connectivity index (χ1n) is 13.3. The molecule has 2 aliphatic heterocycles. The Labute approximate surface area is 224 Å². The van der Waals surface area contributed by atoms with Gasteiger partial charge in [0.15, 0.2) is 0 Å². The van der Waals surface area contributed by atoms with E-state index < -0.39 is 5.60 Å². The lowest BCUT2D eigenvalue weighted by Gasteiger charge is -2.37. The average molecular weight is 519 g/mol. The smallest absolute Gasteiger partial charge is 0.328 e. The number of ether oxygens (including phenoxy) is 1. The van der Waals surface area contributed by atoms with E-state index in [9.17, 15) is 4.79 Å². The van der Waals surface area contributed by atoms with E-state index in [2.05, 4.69) is 68.0 Å². The molecule has 0 saturated carbocycles. The molecule has 1 fully saturated rings. The highest BCUT2D eigenvalue weighted by Gasteiger charge is 2.26. The van der Waals surface area contributed by atoms with Crippen molar-refractivity contribution in [3.8, 4) is 11.1 Å². The fourth-order valence-corrected chi connectivity index (χ4v) is 5.12. The van der Waals surface area contributed by atoms with Crippen molar-refractivity contribution in [2.45, 2.75) is 58.8 Å². The number of nitrogens with two attached hydrogens (primary N) is 1. The predicted octanol–water partition coefficient (Wildman–Crippen LogP) is 2.97. The Kier molecular flexibility index (Phi) is 7.00. The van der Waals surface area contributed by atoms with Crippen LogP contribution in [0.15, 0.2) is 36.7 Å². The summed E-state index contributed by atoms with van der Waals surface area (Å²) in [6.07, 6.45) is 4.60. The zero-order chi connectivity index (χ0) is 27.0. The molecule has 2 aromatic heterocycles. The number of anilines is 3. The van der Waals surface area contributed by atoms with Crippen LogP contribution < -0.4 is 15.5 Å². The van der Waals surface area contributed by atoms with E-state index in [-0.39, 0.29) is 18.6 Å². The number of aromatic nitrogens is 4. The highest BCUT2D eigenvalue weighted by atomic mass is 16.6. The molecule has 0 amide bonds. The Balaban J connectivity index is 1.35. The maximum absolute atomic E-state index is 12.2. The van der Waals surface area contributed by atoms with E-state index in [4.69, 9.17) is 10.5 Å². The number of likely N-dealkylation sites (N-methyl/N-ethyl adjacent to an activating group) is 1. The molecule has 4 heterocycles. The van der Waals surface area contributed by atoms with Crippen molar-refractivity contribution < 1.29 is 9.53 Å². The van der Waals surface area contributed by atoms with Crippen LogP contribution in [0.5, 0.6) is 0 Å². The van der Waals surface area contributed by atoms with E-state index >= 15 is 0 Å². The summed E-state index contributed by atoms with van der Waals surface area (Å²) in [7, 11) is 2.14. The Bertz CT molecular complexity index is 1310. The summed E-state index contributed by atoms with van der Waals surface area (Å²) in [5.41, 5.74) is 10.3. The van der Waals surface area contributed by atoms with Gasteiger partial charge in [-0.3, -0.25) is 9.48 Å². The minimum Gasteiger partial charge on any atom is -0.459 e. The fraction of sp³-hybridized carbons (Fsp3) is 0.500. The van der Waals surface area contributed by atoms with Gasteiger partial charge in [-0.25, -0.2) is 0 Å². The van der Waals surface area contributed by atoms with Crippen LogP contribution in [0, 0.1) is 0 Å². The second-order valence-electron chi connectivity index (χ2n) is 11.4. The molecular weight excluding hydrogens is 480 g/mol. The Morgan fingerprint density at radius 3 is 2.53 bits per heavy atom. The molecule has 0 aliphatic carbocycles. The normalized spacial score (nSPS) is 18.4. The van der Waals surface area contributed by atoms with Crippen molar-refractivity contribution in [3.05, 3.63) is 47.8 Å². The van der Waals surface area contributed by atoms with Gasteiger partial charge in [-0.2, -0.15) is 15.1 Å². The van der Waals surface area contributed by atoms with Crippen LogP contribution in [0.4, 0.5) is 17.6 Å². The van der Waals surface area contributed by atoms with Crippen LogP contribution in [0.2, 0.25) is 0 Å². The van der Waals surface area contributed by atoms with Gasteiger partial charge in [-0.15, -0.1) is 0 Å². The van der Waals surface area contributed by atoms with E-state index in [1.807, 2.05) is 27.0 Å². The first kappa shape index (κ1) is 26.0. The quantitative estimate of drug-likeness (QED) is 0.510. The van der Waals surface area contributed by atoms with Gasteiger partial charge in [-0.05, 0) is 63.9 Å². The van der Waals surface area contributed by atoms with E-state index in [1.165, 1.54) is 11.1 Å². The molecule has 3 aromatic rings. The first-order chi connectivity index (χ1) is 18.0. The Hall–Kier alpha value is -3.66. The van der Waals surface area contributed by atoms with Crippen molar-refractivity contribution in [3.63, 3.8) is 0 Å². The average Bonchev–Trinajstić information content (AvgIpc) is 3.30. The molecular formula is C28H38N8O2. The van der Waals surface area contributed by atoms with E-state index in [1.54, 1.807) is 10.9 Å². The number of nitrogens with zero attached hydrogens (tertiary/aromatic N) is 7. The lowest BCUT2D eigenvalue weighted by atomic mass is 9.92. The maximum atomic E-state index is 12.2. The number of carbonyl (C=O) groups excluding carboxylic acids is 1. The fourth-order valence-electron chi connectivity index (χ4n) is 5.12. The standard InChI is InChI=1S/C28H38N8O2/c1-19-12-20-6-7-21(23-15-30-35(16-23)18-26(37)38-28(2,3)4)13-22(20)17-36(19)25-14-24(31-27(29)32-25)34-10-8-33(5)9-11-34/h6-7,13-16,19H,8-12,17-18H2,1-5H3,(H2,29,31,32). The molecule has 1 aromatic carbocycles. The van der Waals surface area contributed by atoms with Crippen LogP contribution in [0.25, 0.3) is 11.1 Å². The zero-order valence-corrected chi connectivity index (χ0v) is 23.0. The van der Waals surface area contributed by atoms with Crippen LogP contribution in [-0.2, 0) is 29.0 Å². The lowest BCUT2D eigenvalue weighted by Crippen LogP contribution is -2.45. The molecule has 1 saturated heterocycles. The molecule has 10 heteroatoms. The SMILES string of the molecule is CC1Cc2ccc(-c3cnn(CC(=O)OC(C)(C)C)c3)cc2CN1c1cc(N2CCN(C)CC2)nc(N)n1. The zero-order valence-electron chi connectivity index (χ0n) is 23.0. The number of piperazine rings is 1. The molecule has 2 aliphatic rings. The second kappa shape index (κ2) is 10.2. The summed E-state index contributed by atoms with van der Waals surface area (Å²) >= 11 is 0. The van der Waals surface area contributed by atoms with Crippen LogP contribution in [0.1, 0.15) is 38.8 Å². The predicted molar refractivity (Wildman–Crippen MR) is 149 cm³/mol. The minimum atomic E-state index is -0.520. The number of fused-ring (bicyclic) bond motifs is 1. The number of nitrogen functional groups attached to an aromatic ring is 1. The number of benzene rings is 1. The molecule has 1 unspecified atom stereocenters. The van der Waals surface area contributed by atoms with Gasteiger partial charge in [0.05, 0.1) is 6.20 Å². The van der Waals surface area contributed by atoms with Crippen molar-refractivity contribution in [1.82, 2.24) is 24.6 Å². The molecule has 0 radical (unpaired) electrons. The topological polar surface area (TPSA) is 106 Å². The molecule has 0 spiro atoms. The first-order valence-corrected chi connectivity index (χ1v) is 13.3. The monoisotopic (exact) mass is 518 g/mol. The third kappa shape index (κ3) is 5.91. The van der Waals surface area contributed by atoms with Crippen molar-refractivity contribution in [2.24, 2.45) is 0 Å². The molecule has 10 nitrogen and oxygen atoms in total. The van der Waals surface area contributed by atoms with Crippen molar-refractivity contribution >= 4 is 23.6 Å². The molecule has 0 bridgehead atoms. The summed E-state index contributed by atoms with van der Waals surface area (Å²) in [5.74, 6) is 1.76. The minimum absolute atomic E-state index is 0.0816. The Morgan fingerprint density at radius 2 is 1.79 bits per heavy atom. The molecule has 1 atom stereocenters. The molecule has 2 N–H and O–H groups in total. The maximum Gasteiger partial charge on any atom is 0.328 e. The Morgan fingerprint density at radius 1 is 1.05 bits per heavy atom.